The van der Waals surface area contributed by atoms with Crippen LogP contribution in [0.5, 0.6) is 5.75 Å². The summed E-state index contributed by atoms with van der Waals surface area (Å²) in [6, 6.07) is 4.97. The normalized spacial score (nSPS) is 22.9. The average molecular weight is 236 g/mol. The van der Waals surface area contributed by atoms with Gasteiger partial charge in [0.2, 0.25) is 0 Å². The number of hydrogen-bond acceptors (Lipinski definition) is 4. The number of anilines is 1. The summed E-state index contributed by atoms with van der Waals surface area (Å²) in [6.45, 7) is 2.44. The first-order valence-corrected chi connectivity index (χ1v) is 5.51. The number of carboxylic acids is 1. The van der Waals surface area contributed by atoms with Gasteiger partial charge in [-0.05, 0) is 25.1 Å². The van der Waals surface area contributed by atoms with Crippen molar-refractivity contribution in [2.75, 3.05) is 18.5 Å². The van der Waals surface area contributed by atoms with Crippen molar-refractivity contribution in [3.63, 3.8) is 0 Å². The van der Waals surface area contributed by atoms with Crippen LogP contribution in [0.4, 0.5) is 5.69 Å². The molecule has 0 saturated carbocycles. The summed E-state index contributed by atoms with van der Waals surface area (Å²) in [5, 5.41) is 8.96. The zero-order valence-electron chi connectivity index (χ0n) is 9.88. The highest BCUT2D eigenvalue weighted by Crippen LogP contribution is 2.35. The van der Waals surface area contributed by atoms with Gasteiger partial charge in [0.05, 0.1) is 17.3 Å². The van der Waals surface area contributed by atoms with E-state index in [9.17, 15) is 4.79 Å². The molecule has 5 nitrogen and oxygen atoms in total. The fourth-order valence-electron chi connectivity index (χ4n) is 2.00. The van der Waals surface area contributed by atoms with E-state index in [0.29, 0.717) is 12.3 Å². The van der Waals surface area contributed by atoms with Gasteiger partial charge in [0.15, 0.2) is 0 Å². The molecule has 2 atom stereocenters. The second-order valence-corrected chi connectivity index (χ2v) is 4.23. The van der Waals surface area contributed by atoms with Crippen LogP contribution in [0.3, 0.4) is 0 Å². The van der Waals surface area contributed by atoms with E-state index in [0.717, 1.165) is 5.69 Å². The Bertz CT molecular complexity index is 447. The van der Waals surface area contributed by atoms with E-state index in [1.54, 1.807) is 18.2 Å². The molecule has 1 aromatic rings. The summed E-state index contributed by atoms with van der Waals surface area (Å²) >= 11 is 0. The maximum Gasteiger partial charge on any atom is 0.335 e. The molecule has 0 aromatic heterocycles. The first-order chi connectivity index (χ1) is 8.04. The lowest BCUT2D eigenvalue weighted by atomic mass is 10.1. The number of likely N-dealkylation sites (N-methyl/N-ethyl adjacent to an activating group) is 1. The Morgan fingerprint density at radius 1 is 1.59 bits per heavy atom. The number of nitrogens with two attached hydrogens (primary N) is 1. The number of ether oxygens (including phenoxy) is 1. The van der Waals surface area contributed by atoms with Gasteiger partial charge < -0.3 is 20.5 Å². The summed E-state index contributed by atoms with van der Waals surface area (Å²) < 4.78 is 5.74. The number of benzene rings is 1. The van der Waals surface area contributed by atoms with Gasteiger partial charge in [-0.15, -0.1) is 0 Å². The third-order valence-electron chi connectivity index (χ3n) is 3.25. The minimum absolute atomic E-state index is 0.0665. The van der Waals surface area contributed by atoms with E-state index in [2.05, 4.69) is 0 Å². The highest BCUT2D eigenvalue weighted by Gasteiger charge is 2.30. The number of carboxylic acid groups (broad SMARTS) is 1. The SMILES string of the molecule is CC1C(CN)Oc2ccc(C(=O)O)cc2N1C. The van der Waals surface area contributed by atoms with Crippen molar-refractivity contribution in [3.8, 4) is 5.75 Å². The molecule has 0 aliphatic carbocycles. The standard InChI is InChI=1S/C12H16N2O3/c1-7-11(6-13)17-10-4-3-8(12(15)16)5-9(10)14(7)2/h3-5,7,11H,6,13H2,1-2H3,(H,15,16). The predicted octanol–water partition coefficient (Wildman–Crippen LogP) is 0.929. The predicted molar refractivity (Wildman–Crippen MR) is 64.7 cm³/mol. The fraction of sp³-hybridized carbons (Fsp3) is 0.417. The molecule has 1 heterocycles. The van der Waals surface area contributed by atoms with Crippen molar-refractivity contribution in [1.29, 1.82) is 0 Å². The first-order valence-electron chi connectivity index (χ1n) is 5.51. The fourth-order valence-corrected chi connectivity index (χ4v) is 2.00. The summed E-state index contributed by atoms with van der Waals surface area (Å²) in [7, 11) is 1.92. The third-order valence-corrected chi connectivity index (χ3v) is 3.25. The van der Waals surface area contributed by atoms with Gasteiger partial charge >= 0.3 is 5.97 Å². The molecule has 1 aliphatic heterocycles. The largest absolute Gasteiger partial charge is 0.485 e. The maximum atomic E-state index is 10.9. The molecular formula is C12H16N2O3. The van der Waals surface area contributed by atoms with Crippen LogP contribution in [0.15, 0.2) is 18.2 Å². The van der Waals surface area contributed by atoms with Crippen LogP contribution in [0.2, 0.25) is 0 Å². The summed E-state index contributed by atoms with van der Waals surface area (Å²) in [5.41, 5.74) is 6.70. The van der Waals surface area contributed by atoms with Gasteiger partial charge in [-0.2, -0.15) is 0 Å². The van der Waals surface area contributed by atoms with E-state index < -0.39 is 5.97 Å². The van der Waals surface area contributed by atoms with Crippen LogP contribution in [0.1, 0.15) is 17.3 Å². The number of nitrogens with zero attached hydrogens (tertiary/aromatic N) is 1. The Kier molecular flexibility index (Phi) is 2.93. The van der Waals surface area contributed by atoms with Crippen LogP contribution in [0, 0.1) is 0 Å². The lowest BCUT2D eigenvalue weighted by molar-refractivity contribution is 0.0696. The van der Waals surface area contributed by atoms with Crippen LogP contribution >= 0.6 is 0 Å². The molecule has 1 aromatic carbocycles. The Hall–Kier alpha value is -1.75. The number of aromatic carboxylic acids is 1. The van der Waals surface area contributed by atoms with Gasteiger partial charge in [0.1, 0.15) is 11.9 Å². The van der Waals surface area contributed by atoms with E-state index in [1.165, 1.54) is 0 Å². The second kappa shape index (κ2) is 4.25. The Labute approximate surface area is 99.8 Å². The zero-order chi connectivity index (χ0) is 12.6. The molecule has 92 valence electrons. The van der Waals surface area contributed by atoms with Crippen LogP contribution in [-0.4, -0.2) is 36.8 Å². The Balaban J connectivity index is 2.42. The number of carbonyl (C=O) groups is 1. The van der Waals surface area contributed by atoms with Gasteiger partial charge in [-0.25, -0.2) is 4.79 Å². The second-order valence-electron chi connectivity index (χ2n) is 4.23. The zero-order valence-corrected chi connectivity index (χ0v) is 9.88. The maximum absolute atomic E-state index is 10.9. The number of rotatable bonds is 2. The van der Waals surface area contributed by atoms with Gasteiger partial charge in [0.25, 0.3) is 0 Å². The molecule has 0 radical (unpaired) electrons. The molecule has 2 rings (SSSR count). The van der Waals surface area contributed by atoms with Crippen molar-refractivity contribution < 1.29 is 14.6 Å². The molecule has 0 saturated heterocycles. The van der Waals surface area contributed by atoms with Crippen molar-refractivity contribution in [2.45, 2.75) is 19.1 Å². The van der Waals surface area contributed by atoms with E-state index in [4.69, 9.17) is 15.6 Å². The molecule has 0 bridgehead atoms. The molecule has 5 heteroatoms. The van der Waals surface area contributed by atoms with E-state index >= 15 is 0 Å². The number of hydrogen-bond donors (Lipinski definition) is 2. The number of fused-ring (bicyclic) bond motifs is 1. The monoisotopic (exact) mass is 236 g/mol. The van der Waals surface area contributed by atoms with Crippen molar-refractivity contribution in [1.82, 2.24) is 0 Å². The molecule has 2 unspecified atom stereocenters. The smallest absolute Gasteiger partial charge is 0.335 e. The average Bonchev–Trinajstić information content (AvgIpc) is 2.33. The van der Waals surface area contributed by atoms with Crippen molar-refractivity contribution in [2.24, 2.45) is 5.73 Å². The topological polar surface area (TPSA) is 75.8 Å². The van der Waals surface area contributed by atoms with Crippen LogP contribution < -0.4 is 15.4 Å². The third kappa shape index (κ3) is 1.93. The van der Waals surface area contributed by atoms with Gasteiger partial charge in [-0.3, -0.25) is 0 Å². The molecule has 0 amide bonds. The van der Waals surface area contributed by atoms with Crippen molar-refractivity contribution in [3.05, 3.63) is 23.8 Å². The summed E-state index contributed by atoms with van der Waals surface area (Å²) in [6.07, 6.45) is -0.0665. The van der Waals surface area contributed by atoms with Crippen molar-refractivity contribution >= 4 is 11.7 Å². The summed E-state index contributed by atoms with van der Waals surface area (Å²) in [4.78, 5) is 12.9. The Morgan fingerprint density at radius 3 is 2.88 bits per heavy atom. The molecule has 1 aliphatic rings. The first kappa shape index (κ1) is 11.7. The molecular weight excluding hydrogens is 220 g/mol. The lowest BCUT2D eigenvalue weighted by Crippen LogP contribution is -2.49. The Morgan fingerprint density at radius 2 is 2.29 bits per heavy atom. The quantitative estimate of drug-likeness (QED) is 0.799. The van der Waals surface area contributed by atoms with Gasteiger partial charge in [0, 0.05) is 13.6 Å². The minimum atomic E-state index is -0.935. The summed E-state index contributed by atoms with van der Waals surface area (Å²) in [5.74, 6) is -0.249. The molecule has 3 N–H and O–H groups in total. The van der Waals surface area contributed by atoms with E-state index in [1.807, 2.05) is 18.9 Å². The molecule has 0 fully saturated rings. The lowest BCUT2D eigenvalue weighted by Gasteiger charge is -2.39. The minimum Gasteiger partial charge on any atom is -0.485 e. The highest BCUT2D eigenvalue weighted by atomic mass is 16.5. The van der Waals surface area contributed by atoms with E-state index in [-0.39, 0.29) is 17.7 Å². The molecule has 17 heavy (non-hydrogen) atoms. The highest BCUT2D eigenvalue weighted by molar-refractivity contribution is 5.89. The molecule has 0 spiro atoms. The van der Waals surface area contributed by atoms with Crippen LogP contribution in [0.25, 0.3) is 0 Å². The van der Waals surface area contributed by atoms with Crippen LogP contribution in [-0.2, 0) is 0 Å². The van der Waals surface area contributed by atoms with Gasteiger partial charge in [-0.1, -0.05) is 0 Å².